The molecule has 0 unspecified atom stereocenters. The van der Waals surface area contributed by atoms with Gasteiger partial charge in [0.25, 0.3) is 0 Å². The van der Waals surface area contributed by atoms with E-state index in [2.05, 4.69) is 5.32 Å². The topological polar surface area (TPSA) is 121 Å². The predicted molar refractivity (Wildman–Crippen MR) is 173 cm³/mol. The molecule has 0 saturated heterocycles. The molecular weight excluding hydrogens is 611 g/mol. The summed E-state index contributed by atoms with van der Waals surface area (Å²) in [6.07, 6.45) is 1.36. The fourth-order valence-corrected chi connectivity index (χ4v) is 6.99. The number of aliphatic hydroxyl groups is 1. The monoisotopic (exact) mass is 650 g/mol. The van der Waals surface area contributed by atoms with Gasteiger partial charge in [-0.05, 0) is 61.0 Å². The maximum atomic E-state index is 13.6. The molecule has 0 saturated carbocycles. The maximum absolute atomic E-state index is 13.6. The minimum Gasteiger partial charge on any atom is -0.488 e. The zero-order valence-corrected chi connectivity index (χ0v) is 27.1. The Bertz CT molecular complexity index is 1840. The van der Waals surface area contributed by atoms with Gasteiger partial charge < -0.3 is 24.6 Å². The lowest BCUT2D eigenvalue weighted by Crippen LogP contribution is -2.48. The Balaban J connectivity index is 1.41. The second-order valence-electron chi connectivity index (χ2n) is 12.0. The van der Waals surface area contributed by atoms with E-state index in [4.69, 9.17) is 4.74 Å². The molecule has 5 rings (SSSR count). The van der Waals surface area contributed by atoms with Gasteiger partial charge in [-0.1, -0.05) is 25.1 Å². The van der Waals surface area contributed by atoms with Crippen molar-refractivity contribution in [3.63, 3.8) is 0 Å². The minimum atomic E-state index is -3.97. The number of anilines is 1. The average Bonchev–Trinajstić information content (AvgIpc) is 3.35. The zero-order chi connectivity index (χ0) is 33.2. The van der Waals surface area contributed by atoms with Crippen molar-refractivity contribution in [2.24, 2.45) is 13.0 Å². The molecule has 0 aliphatic carbocycles. The Hall–Kier alpha value is -4.26. The summed E-state index contributed by atoms with van der Waals surface area (Å²) in [6, 6.07) is 17.0. The van der Waals surface area contributed by atoms with Crippen molar-refractivity contribution in [2.75, 3.05) is 32.1 Å². The second-order valence-corrected chi connectivity index (χ2v) is 14.0. The number of aryl methyl sites for hydroxylation is 1. The summed E-state index contributed by atoms with van der Waals surface area (Å²) in [4.78, 5) is 28.2. The molecule has 0 fully saturated rings. The fourth-order valence-electron chi connectivity index (χ4n) is 5.81. The Morgan fingerprint density at radius 1 is 1.15 bits per heavy atom. The van der Waals surface area contributed by atoms with Crippen molar-refractivity contribution in [1.82, 2.24) is 13.8 Å². The first-order chi connectivity index (χ1) is 21.9. The van der Waals surface area contributed by atoms with E-state index in [1.165, 1.54) is 19.2 Å². The van der Waals surface area contributed by atoms with Crippen LogP contribution >= 0.6 is 0 Å². The number of fused-ring (bicyclic) bond motifs is 2. The van der Waals surface area contributed by atoms with Gasteiger partial charge in [0.2, 0.25) is 21.8 Å². The summed E-state index contributed by atoms with van der Waals surface area (Å²) in [5, 5.41) is 13.9. The number of benzene rings is 3. The zero-order valence-electron chi connectivity index (χ0n) is 26.3. The molecular formula is C34H39FN4O6S. The van der Waals surface area contributed by atoms with Gasteiger partial charge in [-0.2, -0.15) is 4.31 Å². The number of aromatic nitrogens is 1. The SMILES string of the molecule is C[C@@H]1CN([C@H](C)CO)C(=O)Cc2cc(NC(=O)Cc3cn(C)c4ccccc34)ccc2O[C@@H]1CN(C)S(=O)(=O)c1ccc(F)cc1. The molecule has 3 aromatic carbocycles. The summed E-state index contributed by atoms with van der Waals surface area (Å²) >= 11 is 0. The van der Waals surface area contributed by atoms with E-state index in [-0.39, 0.29) is 55.2 Å². The highest BCUT2D eigenvalue weighted by atomic mass is 32.2. The summed E-state index contributed by atoms with van der Waals surface area (Å²) in [5.41, 5.74) is 2.93. The number of para-hydroxylation sites is 1. The van der Waals surface area contributed by atoms with E-state index >= 15 is 0 Å². The van der Waals surface area contributed by atoms with Crippen LogP contribution in [0, 0.1) is 11.7 Å². The summed E-state index contributed by atoms with van der Waals surface area (Å²) in [5.74, 6) is -0.942. The predicted octanol–water partition coefficient (Wildman–Crippen LogP) is 3.97. The van der Waals surface area contributed by atoms with Crippen LogP contribution in [0.4, 0.5) is 10.1 Å². The van der Waals surface area contributed by atoms with E-state index in [0.29, 0.717) is 17.0 Å². The van der Waals surface area contributed by atoms with E-state index in [1.54, 1.807) is 30.0 Å². The number of ether oxygens (including phenoxy) is 1. The fraction of sp³-hybridized carbons (Fsp3) is 0.353. The average molecular weight is 651 g/mol. The number of nitrogens with zero attached hydrogens (tertiary/aromatic N) is 3. The van der Waals surface area contributed by atoms with Crippen LogP contribution in [0.3, 0.4) is 0 Å². The molecule has 3 atom stereocenters. The van der Waals surface area contributed by atoms with Gasteiger partial charge >= 0.3 is 0 Å². The molecule has 12 heteroatoms. The van der Waals surface area contributed by atoms with Gasteiger partial charge in [-0.15, -0.1) is 0 Å². The maximum Gasteiger partial charge on any atom is 0.242 e. The number of hydrogen-bond acceptors (Lipinski definition) is 6. The summed E-state index contributed by atoms with van der Waals surface area (Å²) in [7, 11) is -0.612. The lowest BCUT2D eigenvalue weighted by Gasteiger charge is -2.33. The highest BCUT2D eigenvalue weighted by Crippen LogP contribution is 2.30. The molecule has 2 heterocycles. The number of hydrogen-bond donors (Lipinski definition) is 2. The lowest BCUT2D eigenvalue weighted by atomic mass is 10.0. The molecule has 0 radical (unpaired) electrons. The van der Waals surface area contributed by atoms with Crippen LogP contribution in [0.15, 0.2) is 77.8 Å². The molecule has 1 aromatic heterocycles. The molecule has 1 aliphatic rings. The molecule has 244 valence electrons. The number of carbonyl (C=O) groups excluding carboxylic acids is 2. The first-order valence-electron chi connectivity index (χ1n) is 15.1. The van der Waals surface area contributed by atoms with Gasteiger partial charge in [-0.25, -0.2) is 12.8 Å². The molecule has 0 spiro atoms. The van der Waals surface area contributed by atoms with Gasteiger partial charge in [0.1, 0.15) is 17.7 Å². The normalized spacial score (nSPS) is 18.0. The Kier molecular flexibility index (Phi) is 9.80. The molecule has 2 N–H and O–H groups in total. The van der Waals surface area contributed by atoms with Crippen LogP contribution < -0.4 is 10.1 Å². The van der Waals surface area contributed by atoms with Crippen molar-refractivity contribution in [3.8, 4) is 5.75 Å². The lowest BCUT2D eigenvalue weighted by molar-refractivity contribution is -0.134. The van der Waals surface area contributed by atoms with E-state index in [1.807, 2.05) is 49.0 Å². The quantitative estimate of drug-likeness (QED) is 0.283. The van der Waals surface area contributed by atoms with Crippen molar-refractivity contribution in [2.45, 2.75) is 43.7 Å². The van der Waals surface area contributed by atoms with Crippen molar-refractivity contribution in [1.29, 1.82) is 0 Å². The van der Waals surface area contributed by atoms with E-state index in [0.717, 1.165) is 32.9 Å². The molecule has 1 aliphatic heterocycles. The van der Waals surface area contributed by atoms with Crippen LogP contribution in [0.2, 0.25) is 0 Å². The first kappa shape index (κ1) is 33.1. The summed E-state index contributed by atoms with van der Waals surface area (Å²) in [6.45, 7) is 3.52. The van der Waals surface area contributed by atoms with Crippen LogP contribution in [0.25, 0.3) is 10.9 Å². The number of nitrogens with one attached hydrogen (secondary N) is 1. The Labute approximate surface area is 268 Å². The molecule has 10 nitrogen and oxygen atoms in total. The van der Waals surface area contributed by atoms with Gasteiger partial charge in [0.15, 0.2) is 0 Å². The largest absolute Gasteiger partial charge is 0.488 e. The van der Waals surface area contributed by atoms with Crippen LogP contribution in [-0.2, 0) is 39.5 Å². The van der Waals surface area contributed by atoms with Gasteiger partial charge in [0.05, 0.1) is 36.9 Å². The van der Waals surface area contributed by atoms with Crippen LogP contribution in [0.5, 0.6) is 5.75 Å². The number of likely N-dealkylation sites (N-methyl/N-ethyl adjacent to an activating group) is 1. The molecule has 0 bridgehead atoms. The third-order valence-electron chi connectivity index (χ3n) is 8.49. The number of amides is 2. The highest BCUT2D eigenvalue weighted by molar-refractivity contribution is 7.89. The number of carbonyl (C=O) groups is 2. The smallest absolute Gasteiger partial charge is 0.242 e. The second kappa shape index (κ2) is 13.6. The molecule has 4 aromatic rings. The van der Waals surface area contributed by atoms with Crippen molar-refractivity contribution < 1.29 is 32.2 Å². The third kappa shape index (κ3) is 7.09. The Morgan fingerprint density at radius 3 is 2.59 bits per heavy atom. The van der Waals surface area contributed by atoms with E-state index in [9.17, 15) is 27.5 Å². The number of sulfonamides is 1. The van der Waals surface area contributed by atoms with Crippen LogP contribution in [-0.4, -0.2) is 78.0 Å². The summed E-state index contributed by atoms with van der Waals surface area (Å²) < 4.78 is 49.7. The van der Waals surface area contributed by atoms with Crippen molar-refractivity contribution >= 4 is 38.4 Å². The van der Waals surface area contributed by atoms with E-state index < -0.39 is 28.0 Å². The number of rotatable bonds is 9. The Morgan fingerprint density at radius 2 is 1.87 bits per heavy atom. The molecule has 46 heavy (non-hydrogen) atoms. The highest BCUT2D eigenvalue weighted by Gasteiger charge is 2.33. The molecule has 2 amide bonds. The number of halogens is 1. The third-order valence-corrected chi connectivity index (χ3v) is 10.3. The van der Waals surface area contributed by atoms with Crippen LogP contribution in [0.1, 0.15) is 25.0 Å². The first-order valence-corrected chi connectivity index (χ1v) is 16.6. The van der Waals surface area contributed by atoms with Gasteiger partial charge in [-0.3, -0.25) is 9.59 Å². The minimum absolute atomic E-state index is 0.0458. The number of aliphatic hydroxyl groups excluding tert-OH is 1. The van der Waals surface area contributed by atoms with Gasteiger partial charge in [0, 0.05) is 54.9 Å². The van der Waals surface area contributed by atoms with Crippen molar-refractivity contribution in [3.05, 3.63) is 89.9 Å². The standard InChI is InChI=1S/C34H39FN4O6S/c1-22-18-39(23(2)21-40)34(42)17-24-15-27(36-33(41)16-25-19-37(3)30-8-6-5-7-29(25)30)11-14-31(24)45-32(22)20-38(4)46(43,44)28-12-9-26(35)10-13-28/h5-15,19,22-23,32,40H,16-18,20-21H2,1-4H3,(H,36,41)/t22-,23-,32-/m1/s1.